The molecule has 0 bridgehead atoms. The van der Waals surface area contributed by atoms with Crippen molar-refractivity contribution in [3.63, 3.8) is 0 Å². The van der Waals surface area contributed by atoms with Crippen LogP contribution in [0, 0.1) is 6.92 Å². The summed E-state index contributed by atoms with van der Waals surface area (Å²) in [4.78, 5) is 22.0. The number of imidazole rings is 1. The maximum atomic E-state index is 12.5. The molecule has 1 N–H and O–H groups in total. The van der Waals surface area contributed by atoms with Gasteiger partial charge in [0.05, 0.1) is 0 Å². The highest BCUT2D eigenvalue weighted by Crippen LogP contribution is 2.25. The molecular formula is C15H21N5O. The van der Waals surface area contributed by atoms with E-state index in [-0.39, 0.29) is 5.91 Å². The van der Waals surface area contributed by atoms with Gasteiger partial charge in [0.15, 0.2) is 0 Å². The van der Waals surface area contributed by atoms with Gasteiger partial charge in [-0.05, 0) is 25.8 Å². The van der Waals surface area contributed by atoms with E-state index in [0.29, 0.717) is 18.2 Å². The topological polar surface area (TPSA) is 66.8 Å². The number of hydrogen-bond acceptors (Lipinski definition) is 3. The number of aromatic nitrogens is 4. The van der Waals surface area contributed by atoms with E-state index < -0.39 is 0 Å². The number of nitrogens with zero attached hydrogens (tertiary/aromatic N) is 4. The molecule has 1 amide bonds. The third-order valence-electron chi connectivity index (χ3n) is 3.90. The van der Waals surface area contributed by atoms with Crippen molar-refractivity contribution in [1.29, 1.82) is 0 Å². The van der Waals surface area contributed by atoms with Gasteiger partial charge in [-0.15, -0.1) is 0 Å². The van der Waals surface area contributed by atoms with Crippen molar-refractivity contribution < 1.29 is 4.79 Å². The summed E-state index contributed by atoms with van der Waals surface area (Å²) in [5.41, 5.74) is 1.60. The minimum atomic E-state index is 0.0237. The molecule has 2 aromatic rings. The Bertz CT molecular complexity index is 630. The first-order valence-electron chi connectivity index (χ1n) is 7.51. The fourth-order valence-electron chi connectivity index (χ4n) is 2.80. The molecule has 112 valence electrons. The van der Waals surface area contributed by atoms with Crippen molar-refractivity contribution in [3.8, 4) is 0 Å². The highest BCUT2D eigenvalue weighted by Gasteiger charge is 2.30. The maximum Gasteiger partial charge on any atom is 0.274 e. The fourth-order valence-corrected chi connectivity index (χ4v) is 2.80. The summed E-state index contributed by atoms with van der Waals surface area (Å²) in [6, 6.07) is 1.81. The minimum absolute atomic E-state index is 0.0237. The number of likely N-dealkylation sites (tertiary alicyclic amines) is 1. The monoisotopic (exact) mass is 287 g/mol. The average molecular weight is 287 g/mol. The van der Waals surface area contributed by atoms with E-state index in [1.165, 1.54) is 0 Å². The predicted octanol–water partition coefficient (Wildman–Crippen LogP) is 1.95. The molecule has 6 nitrogen and oxygen atoms in total. The van der Waals surface area contributed by atoms with Gasteiger partial charge in [-0.2, -0.15) is 5.10 Å². The average Bonchev–Trinajstić information content (AvgIpc) is 3.17. The van der Waals surface area contributed by atoms with Crippen LogP contribution in [0.4, 0.5) is 0 Å². The van der Waals surface area contributed by atoms with Gasteiger partial charge in [0.2, 0.25) is 0 Å². The van der Waals surface area contributed by atoms with Gasteiger partial charge in [0.25, 0.3) is 5.91 Å². The Kier molecular flexibility index (Phi) is 3.77. The van der Waals surface area contributed by atoms with Crippen LogP contribution in [0.15, 0.2) is 18.5 Å². The predicted molar refractivity (Wildman–Crippen MR) is 79.1 cm³/mol. The SMILES string of the molecule is CCCn1ccc(C(=O)N2CC[C@H](c3ncc(C)[nH]3)C2)n1. The number of carbonyl (C=O) groups excluding carboxylic acids is 1. The van der Waals surface area contributed by atoms with Gasteiger partial charge >= 0.3 is 0 Å². The first-order chi connectivity index (χ1) is 10.2. The van der Waals surface area contributed by atoms with Crippen molar-refractivity contribution in [3.05, 3.63) is 35.7 Å². The molecule has 1 aliphatic heterocycles. The summed E-state index contributed by atoms with van der Waals surface area (Å²) < 4.78 is 1.83. The van der Waals surface area contributed by atoms with Gasteiger partial charge in [-0.1, -0.05) is 6.92 Å². The lowest BCUT2D eigenvalue weighted by molar-refractivity contribution is 0.0783. The molecule has 21 heavy (non-hydrogen) atoms. The number of aryl methyl sites for hydroxylation is 2. The number of hydrogen-bond donors (Lipinski definition) is 1. The van der Waals surface area contributed by atoms with E-state index in [0.717, 1.165) is 37.4 Å². The number of amides is 1. The van der Waals surface area contributed by atoms with Crippen molar-refractivity contribution in [1.82, 2.24) is 24.6 Å². The van der Waals surface area contributed by atoms with Crippen LogP contribution >= 0.6 is 0 Å². The molecule has 6 heteroatoms. The van der Waals surface area contributed by atoms with Crippen LogP contribution in [0.1, 0.15) is 47.7 Å². The Morgan fingerprint density at radius 3 is 3.10 bits per heavy atom. The van der Waals surface area contributed by atoms with Crippen molar-refractivity contribution >= 4 is 5.91 Å². The molecule has 0 unspecified atom stereocenters. The van der Waals surface area contributed by atoms with Crippen LogP contribution in [-0.2, 0) is 6.54 Å². The summed E-state index contributed by atoms with van der Waals surface area (Å²) in [5.74, 6) is 1.32. The Morgan fingerprint density at radius 2 is 2.38 bits per heavy atom. The summed E-state index contributed by atoms with van der Waals surface area (Å²) in [6.07, 6.45) is 5.68. The Hall–Kier alpha value is -2.11. The molecule has 3 rings (SSSR count). The molecule has 1 aliphatic rings. The number of aromatic amines is 1. The molecule has 1 atom stereocenters. The molecule has 1 saturated heterocycles. The normalized spacial score (nSPS) is 18.4. The van der Waals surface area contributed by atoms with Gasteiger partial charge in [-0.3, -0.25) is 9.48 Å². The van der Waals surface area contributed by atoms with E-state index in [2.05, 4.69) is 22.0 Å². The third kappa shape index (κ3) is 2.84. The number of nitrogens with one attached hydrogen (secondary N) is 1. The van der Waals surface area contributed by atoms with Crippen LogP contribution in [0.2, 0.25) is 0 Å². The number of rotatable bonds is 4. The van der Waals surface area contributed by atoms with Gasteiger partial charge in [0, 0.05) is 43.6 Å². The number of H-pyrrole nitrogens is 1. The van der Waals surface area contributed by atoms with Crippen LogP contribution in [0.5, 0.6) is 0 Å². The van der Waals surface area contributed by atoms with E-state index in [1.54, 1.807) is 0 Å². The Labute approximate surface area is 124 Å². The molecule has 0 aliphatic carbocycles. The second kappa shape index (κ2) is 5.71. The Balaban J connectivity index is 1.66. The lowest BCUT2D eigenvalue weighted by Crippen LogP contribution is -2.29. The molecule has 2 aromatic heterocycles. The van der Waals surface area contributed by atoms with Gasteiger partial charge in [-0.25, -0.2) is 4.98 Å². The standard InChI is InChI=1S/C15H21N5O/c1-3-6-20-8-5-13(18-20)15(21)19-7-4-12(10-19)14-16-9-11(2)17-14/h5,8-9,12H,3-4,6-7,10H2,1-2H3,(H,16,17)/t12-/m0/s1. The van der Waals surface area contributed by atoms with E-state index in [4.69, 9.17) is 0 Å². The molecular weight excluding hydrogens is 266 g/mol. The summed E-state index contributed by atoms with van der Waals surface area (Å²) >= 11 is 0. The quantitative estimate of drug-likeness (QED) is 0.934. The van der Waals surface area contributed by atoms with E-state index >= 15 is 0 Å². The molecule has 1 fully saturated rings. The molecule has 3 heterocycles. The van der Waals surface area contributed by atoms with Crippen molar-refractivity contribution in [2.45, 2.75) is 39.2 Å². The zero-order valence-electron chi connectivity index (χ0n) is 12.5. The molecule has 0 spiro atoms. The molecule has 0 radical (unpaired) electrons. The second-order valence-corrected chi connectivity index (χ2v) is 5.65. The summed E-state index contributed by atoms with van der Waals surface area (Å²) in [6.45, 7) is 6.42. The molecule has 0 aromatic carbocycles. The number of carbonyl (C=O) groups is 1. The third-order valence-corrected chi connectivity index (χ3v) is 3.90. The van der Waals surface area contributed by atoms with Crippen molar-refractivity contribution in [2.75, 3.05) is 13.1 Å². The lowest BCUT2D eigenvalue weighted by Gasteiger charge is -2.14. The minimum Gasteiger partial charge on any atom is -0.346 e. The lowest BCUT2D eigenvalue weighted by atomic mass is 10.1. The van der Waals surface area contributed by atoms with Crippen LogP contribution in [0.25, 0.3) is 0 Å². The summed E-state index contributed by atoms with van der Waals surface area (Å²) in [5, 5.41) is 4.35. The first kappa shape index (κ1) is 13.9. The zero-order valence-corrected chi connectivity index (χ0v) is 12.5. The highest BCUT2D eigenvalue weighted by molar-refractivity contribution is 5.92. The van der Waals surface area contributed by atoms with E-state index in [9.17, 15) is 4.79 Å². The second-order valence-electron chi connectivity index (χ2n) is 5.65. The molecule has 0 saturated carbocycles. The van der Waals surface area contributed by atoms with Crippen LogP contribution < -0.4 is 0 Å². The Morgan fingerprint density at radius 1 is 1.52 bits per heavy atom. The zero-order chi connectivity index (χ0) is 14.8. The van der Waals surface area contributed by atoms with E-state index in [1.807, 2.05) is 35.0 Å². The van der Waals surface area contributed by atoms with Gasteiger partial charge in [0.1, 0.15) is 11.5 Å². The fraction of sp³-hybridized carbons (Fsp3) is 0.533. The van der Waals surface area contributed by atoms with Crippen LogP contribution in [0.3, 0.4) is 0 Å². The van der Waals surface area contributed by atoms with Gasteiger partial charge < -0.3 is 9.88 Å². The maximum absolute atomic E-state index is 12.5. The first-order valence-corrected chi connectivity index (χ1v) is 7.51. The smallest absolute Gasteiger partial charge is 0.274 e. The van der Waals surface area contributed by atoms with Crippen LogP contribution in [-0.4, -0.2) is 43.6 Å². The van der Waals surface area contributed by atoms with Crippen molar-refractivity contribution in [2.24, 2.45) is 0 Å². The summed E-state index contributed by atoms with van der Waals surface area (Å²) in [7, 11) is 0. The highest BCUT2D eigenvalue weighted by atomic mass is 16.2. The largest absolute Gasteiger partial charge is 0.346 e.